The summed E-state index contributed by atoms with van der Waals surface area (Å²) in [5.41, 5.74) is 2.03. The molecule has 0 bridgehead atoms. The molecular formula is C12H18N2O2. The van der Waals surface area contributed by atoms with Crippen molar-refractivity contribution in [3.05, 3.63) is 17.5 Å². The molecule has 0 aliphatic heterocycles. The molecule has 88 valence electrons. The van der Waals surface area contributed by atoms with E-state index >= 15 is 0 Å². The SMILES string of the molecule is Cn1ncc(CC(=O)O)c1C1CCCCC1. The lowest BCUT2D eigenvalue weighted by Crippen LogP contribution is -2.13. The van der Waals surface area contributed by atoms with Crippen molar-refractivity contribution in [1.82, 2.24) is 9.78 Å². The number of aryl methyl sites for hydroxylation is 1. The molecular weight excluding hydrogens is 204 g/mol. The zero-order valence-electron chi connectivity index (χ0n) is 9.65. The number of aromatic nitrogens is 2. The molecule has 0 atom stereocenters. The summed E-state index contributed by atoms with van der Waals surface area (Å²) in [6, 6.07) is 0. The molecule has 0 spiro atoms. The molecule has 1 saturated carbocycles. The van der Waals surface area contributed by atoms with Crippen LogP contribution in [-0.4, -0.2) is 20.9 Å². The number of hydrogen-bond acceptors (Lipinski definition) is 2. The Bertz CT molecular complexity index is 378. The zero-order valence-corrected chi connectivity index (χ0v) is 9.65. The van der Waals surface area contributed by atoms with E-state index in [0.717, 1.165) is 11.3 Å². The first-order valence-electron chi connectivity index (χ1n) is 5.91. The first-order valence-corrected chi connectivity index (χ1v) is 5.91. The van der Waals surface area contributed by atoms with Gasteiger partial charge < -0.3 is 5.11 Å². The Labute approximate surface area is 95.3 Å². The minimum absolute atomic E-state index is 0.0969. The molecule has 2 rings (SSSR count). The van der Waals surface area contributed by atoms with Crippen LogP contribution in [0.3, 0.4) is 0 Å². The van der Waals surface area contributed by atoms with E-state index in [1.807, 2.05) is 11.7 Å². The van der Waals surface area contributed by atoms with Gasteiger partial charge in [0.05, 0.1) is 12.6 Å². The first-order chi connectivity index (χ1) is 7.68. The number of carbonyl (C=O) groups is 1. The summed E-state index contributed by atoms with van der Waals surface area (Å²) in [5, 5.41) is 13.1. The van der Waals surface area contributed by atoms with Gasteiger partial charge in [0.25, 0.3) is 0 Å². The number of aliphatic carboxylic acids is 1. The minimum atomic E-state index is -0.773. The van der Waals surface area contributed by atoms with Crippen LogP contribution in [0.2, 0.25) is 0 Å². The van der Waals surface area contributed by atoms with Crippen molar-refractivity contribution in [2.75, 3.05) is 0 Å². The van der Waals surface area contributed by atoms with E-state index in [4.69, 9.17) is 5.11 Å². The van der Waals surface area contributed by atoms with Gasteiger partial charge in [0.15, 0.2) is 0 Å². The predicted molar refractivity (Wildman–Crippen MR) is 60.4 cm³/mol. The molecule has 16 heavy (non-hydrogen) atoms. The van der Waals surface area contributed by atoms with Crippen molar-refractivity contribution in [2.24, 2.45) is 7.05 Å². The van der Waals surface area contributed by atoms with Gasteiger partial charge in [-0.05, 0) is 12.8 Å². The summed E-state index contributed by atoms with van der Waals surface area (Å²) >= 11 is 0. The lowest BCUT2D eigenvalue weighted by molar-refractivity contribution is -0.136. The molecule has 4 heteroatoms. The summed E-state index contributed by atoms with van der Waals surface area (Å²) < 4.78 is 1.86. The van der Waals surface area contributed by atoms with Gasteiger partial charge in [-0.1, -0.05) is 19.3 Å². The predicted octanol–water partition coefficient (Wildman–Crippen LogP) is 2.09. The van der Waals surface area contributed by atoms with Crippen LogP contribution in [0.4, 0.5) is 0 Å². The Kier molecular flexibility index (Phi) is 3.27. The number of carboxylic acid groups (broad SMARTS) is 1. The molecule has 1 fully saturated rings. The van der Waals surface area contributed by atoms with Gasteiger partial charge in [0.2, 0.25) is 0 Å². The van der Waals surface area contributed by atoms with E-state index in [2.05, 4.69) is 5.10 Å². The van der Waals surface area contributed by atoms with Crippen LogP contribution in [0.5, 0.6) is 0 Å². The lowest BCUT2D eigenvalue weighted by atomic mass is 9.85. The van der Waals surface area contributed by atoms with Crippen molar-refractivity contribution in [3.63, 3.8) is 0 Å². The monoisotopic (exact) mass is 222 g/mol. The Balaban J connectivity index is 2.23. The summed E-state index contributed by atoms with van der Waals surface area (Å²) in [6.45, 7) is 0. The number of nitrogens with zero attached hydrogens (tertiary/aromatic N) is 2. The molecule has 1 N–H and O–H groups in total. The van der Waals surface area contributed by atoms with Crippen LogP contribution in [0.25, 0.3) is 0 Å². The number of hydrogen-bond donors (Lipinski definition) is 1. The van der Waals surface area contributed by atoms with Gasteiger partial charge in [0.1, 0.15) is 0 Å². The van der Waals surface area contributed by atoms with E-state index < -0.39 is 5.97 Å². The Morgan fingerprint density at radius 3 is 2.81 bits per heavy atom. The summed E-state index contributed by atoms with van der Waals surface area (Å²) in [7, 11) is 1.91. The fourth-order valence-electron chi connectivity index (χ4n) is 2.69. The van der Waals surface area contributed by atoms with Gasteiger partial charge in [-0.25, -0.2) is 0 Å². The highest BCUT2D eigenvalue weighted by Crippen LogP contribution is 2.34. The fourth-order valence-corrected chi connectivity index (χ4v) is 2.69. The molecule has 0 amide bonds. The second-order valence-electron chi connectivity index (χ2n) is 4.58. The zero-order chi connectivity index (χ0) is 11.5. The quantitative estimate of drug-likeness (QED) is 0.852. The highest BCUT2D eigenvalue weighted by Gasteiger charge is 2.22. The average molecular weight is 222 g/mol. The van der Waals surface area contributed by atoms with Crippen molar-refractivity contribution < 1.29 is 9.90 Å². The van der Waals surface area contributed by atoms with E-state index in [1.54, 1.807) is 6.20 Å². The van der Waals surface area contributed by atoms with Crippen LogP contribution in [0, 0.1) is 0 Å². The molecule has 0 aromatic carbocycles. The van der Waals surface area contributed by atoms with E-state index in [0.29, 0.717) is 5.92 Å². The van der Waals surface area contributed by atoms with Crippen LogP contribution in [0.1, 0.15) is 49.3 Å². The highest BCUT2D eigenvalue weighted by atomic mass is 16.4. The van der Waals surface area contributed by atoms with Crippen molar-refractivity contribution in [3.8, 4) is 0 Å². The van der Waals surface area contributed by atoms with Gasteiger partial charge in [0, 0.05) is 24.2 Å². The molecule has 1 heterocycles. The smallest absolute Gasteiger partial charge is 0.307 e. The molecule has 1 aromatic rings. The molecule has 4 nitrogen and oxygen atoms in total. The third-order valence-corrected chi connectivity index (χ3v) is 3.40. The van der Waals surface area contributed by atoms with Crippen LogP contribution >= 0.6 is 0 Å². The molecule has 1 aromatic heterocycles. The molecule has 1 aliphatic rings. The molecule has 0 unspecified atom stereocenters. The minimum Gasteiger partial charge on any atom is -0.481 e. The summed E-state index contributed by atoms with van der Waals surface area (Å²) in [6.07, 6.45) is 7.96. The molecule has 1 aliphatic carbocycles. The second kappa shape index (κ2) is 4.68. The maximum absolute atomic E-state index is 10.8. The highest BCUT2D eigenvalue weighted by molar-refractivity contribution is 5.70. The third-order valence-electron chi connectivity index (χ3n) is 3.40. The van der Waals surface area contributed by atoms with E-state index in [1.165, 1.54) is 32.1 Å². The Hall–Kier alpha value is -1.32. The van der Waals surface area contributed by atoms with Gasteiger partial charge >= 0.3 is 5.97 Å². The third kappa shape index (κ3) is 2.26. The van der Waals surface area contributed by atoms with E-state index in [-0.39, 0.29) is 6.42 Å². The van der Waals surface area contributed by atoms with Gasteiger partial charge in [-0.2, -0.15) is 5.10 Å². The normalized spacial score (nSPS) is 17.6. The Morgan fingerprint density at radius 1 is 1.50 bits per heavy atom. The van der Waals surface area contributed by atoms with Crippen LogP contribution in [0.15, 0.2) is 6.20 Å². The van der Waals surface area contributed by atoms with Crippen LogP contribution in [-0.2, 0) is 18.3 Å². The van der Waals surface area contributed by atoms with Crippen LogP contribution < -0.4 is 0 Å². The summed E-state index contributed by atoms with van der Waals surface area (Å²) in [5.74, 6) is -0.263. The fraction of sp³-hybridized carbons (Fsp3) is 0.667. The average Bonchev–Trinajstić information content (AvgIpc) is 2.60. The van der Waals surface area contributed by atoms with Crippen molar-refractivity contribution >= 4 is 5.97 Å². The van der Waals surface area contributed by atoms with Crippen molar-refractivity contribution in [1.29, 1.82) is 0 Å². The van der Waals surface area contributed by atoms with Gasteiger partial charge in [-0.15, -0.1) is 0 Å². The number of rotatable bonds is 3. The topological polar surface area (TPSA) is 55.1 Å². The first kappa shape index (κ1) is 11.2. The van der Waals surface area contributed by atoms with E-state index in [9.17, 15) is 4.79 Å². The maximum Gasteiger partial charge on any atom is 0.307 e. The van der Waals surface area contributed by atoms with Crippen molar-refractivity contribution in [2.45, 2.75) is 44.4 Å². The second-order valence-corrected chi connectivity index (χ2v) is 4.58. The largest absolute Gasteiger partial charge is 0.481 e. The standard InChI is InChI=1S/C12H18N2O2/c1-14-12(9-5-3-2-4-6-9)10(8-13-14)7-11(15)16/h8-9H,2-7H2,1H3,(H,15,16). The molecule has 0 radical (unpaired) electrons. The molecule has 0 saturated heterocycles. The maximum atomic E-state index is 10.8. The lowest BCUT2D eigenvalue weighted by Gasteiger charge is -2.22. The number of carboxylic acids is 1. The Morgan fingerprint density at radius 2 is 2.19 bits per heavy atom. The summed E-state index contributed by atoms with van der Waals surface area (Å²) in [4.78, 5) is 10.8. The van der Waals surface area contributed by atoms with Gasteiger partial charge in [-0.3, -0.25) is 9.48 Å².